The number of nitrogens with zero attached hydrogens (tertiary/aromatic N) is 5. The summed E-state index contributed by atoms with van der Waals surface area (Å²) in [6.07, 6.45) is 3.46. The van der Waals surface area contributed by atoms with Crippen LogP contribution in [0.15, 0.2) is 24.5 Å². The first kappa shape index (κ1) is 16.4. The lowest BCUT2D eigenvalue weighted by molar-refractivity contribution is 0.170. The van der Waals surface area contributed by atoms with E-state index in [-0.39, 0.29) is 12.1 Å². The van der Waals surface area contributed by atoms with Crippen LogP contribution in [0.1, 0.15) is 25.3 Å². The summed E-state index contributed by atoms with van der Waals surface area (Å²) in [5.41, 5.74) is 2.54. The highest BCUT2D eigenvalue weighted by molar-refractivity contribution is 5.90. The molecule has 1 aromatic heterocycles. The van der Waals surface area contributed by atoms with Crippen molar-refractivity contribution in [2.24, 2.45) is 0 Å². The van der Waals surface area contributed by atoms with E-state index in [1.165, 1.54) is 6.33 Å². The van der Waals surface area contributed by atoms with Gasteiger partial charge in [0, 0.05) is 24.3 Å². The number of aromatic nitrogens is 4. The van der Waals surface area contributed by atoms with Gasteiger partial charge < -0.3 is 15.5 Å². The number of aryl methyl sites for hydroxylation is 1. The first-order valence-corrected chi connectivity index (χ1v) is 8.14. The molecule has 2 aromatic rings. The summed E-state index contributed by atoms with van der Waals surface area (Å²) in [4.78, 5) is 14.7. The molecule has 1 aromatic carbocycles. The van der Waals surface area contributed by atoms with Crippen LogP contribution in [0.3, 0.4) is 0 Å². The van der Waals surface area contributed by atoms with E-state index in [9.17, 15) is 4.79 Å². The number of carbonyl (C=O) groups is 1. The van der Waals surface area contributed by atoms with E-state index in [0.717, 1.165) is 36.3 Å². The van der Waals surface area contributed by atoms with Crippen LogP contribution in [0.5, 0.6) is 0 Å². The number of hydrogen-bond acceptors (Lipinski definition) is 5. The Morgan fingerprint density at radius 1 is 1.38 bits per heavy atom. The van der Waals surface area contributed by atoms with E-state index < -0.39 is 0 Å². The van der Waals surface area contributed by atoms with Gasteiger partial charge in [0.05, 0.1) is 5.69 Å². The maximum atomic E-state index is 12.3. The Hall–Kier alpha value is -2.48. The van der Waals surface area contributed by atoms with Gasteiger partial charge in [-0.3, -0.25) is 0 Å². The van der Waals surface area contributed by atoms with Gasteiger partial charge in [0.15, 0.2) is 0 Å². The quantitative estimate of drug-likeness (QED) is 0.892. The molecule has 0 saturated carbocycles. The molecule has 24 heavy (non-hydrogen) atoms. The fourth-order valence-corrected chi connectivity index (χ4v) is 2.93. The van der Waals surface area contributed by atoms with Crippen molar-refractivity contribution in [1.29, 1.82) is 0 Å². The largest absolute Gasteiger partial charge is 0.335 e. The van der Waals surface area contributed by atoms with E-state index in [1.807, 2.05) is 25.1 Å². The van der Waals surface area contributed by atoms with Crippen LogP contribution < -0.4 is 10.6 Å². The smallest absolute Gasteiger partial charge is 0.319 e. The second-order valence-electron chi connectivity index (χ2n) is 6.40. The Kier molecular flexibility index (Phi) is 4.75. The average molecular weight is 329 g/mol. The minimum atomic E-state index is -0.172. The second kappa shape index (κ2) is 6.96. The van der Waals surface area contributed by atoms with Crippen molar-refractivity contribution >= 4 is 11.7 Å². The summed E-state index contributed by atoms with van der Waals surface area (Å²) < 4.78 is 1.56. The molecule has 2 amide bonds. The van der Waals surface area contributed by atoms with Gasteiger partial charge in [-0.1, -0.05) is 6.07 Å². The standard InChI is InChI=1S/C16H23N7O/c1-11-4-5-14(23-10-17-20-21-23)9-15(11)19-16(24)18-13-6-7-22(3)12(2)8-13/h4-5,9-10,12-13H,6-8H2,1-3H3,(H2,18,19,24). The Morgan fingerprint density at radius 3 is 2.92 bits per heavy atom. The zero-order valence-electron chi connectivity index (χ0n) is 14.2. The van der Waals surface area contributed by atoms with Gasteiger partial charge in [-0.2, -0.15) is 0 Å². The molecule has 0 spiro atoms. The van der Waals surface area contributed by atoms with Gasteiger partial charge in [0.25, 0.3) is 0 Å². The second-order valence-corrected chi connectivity index (χ2v) is 6.40. The summed E-state index contributed by atoms with van der Waals surface area (Å²) in [5.74, 6) is 0. The highest BCUT2D eigenvalue weighted by Gasteiger charge is 2.24. The Labute approximate surface area is 141 Å². The first-order chi connectivity index (χ1) is 11.5. The van der Waals surface area contributed by atoms with Crippen LogP contribution in [0.4, 0.5) is 10.5 Å². The number of hydrogen-bond donors (Lipinski definition) is 2. The molecular weight excluding hydrogens is 306 g/mol. The van der Waals surface area contributed by atoms with E-state index in [0.29, 0.717) is 6.04 Å². The van der Waals surface area contributed by atoms with E-state index in [4.69, 9.17) is 0 Å². The van der Waals surface area contributed by atoms with E-state index in [1.54, 1.807) is 4.68 Å². The number of urea groups is 1. The van der Waals surface area contributed by atoms with Gasteiger partial charge in [0.1, 0.15) is 6.33 Å². The van der Waals surface area contributed by atoms with Gasteiger partial charge in [-0.05, 0) is 61.9 Å². The molecule has 1 saturated heterocycles. The lowest BCUT2D eigenvalue weighted by atomic mass is 9.99. The maximum absolute atomic E-state index is 12.3. The third kappa shape index (κ3) is 3.70. The number of anilines is 1. The third-order valence-electron chi connectivity index (χ3n) is 4.63. The van der Waals surface area contributed by atoms with Gasteiger partial charge >= 0.3 is 6.03 Å². The Bertz CT molecular complexity index is 700. The fourth-order valence-electron chi connectivity index (χ4n) is 2.93. The topological polar surface area (TPSA) is 88.0 Å². The molecule has 2 unspecified atom stereocenters. The first-order valence-electron chi connectivity index (χ1n) is 8.14. The number of nitrogens with one attached hydrogen (secondary N) is 2. The van der Waals surface area contributed by atoms with E-state index in [2.05, 4.69) is 45.0 Å². The van der Waals surface area contributed by atoms with Crippen LogP contribution in [0.25, 0.3) is 5.69 Å². The van der Waals surface area contributed by atoms with Crippen molar-refractivity contribution in [3.63, 3.8) is 0 Å². The SMILES string of the molecule is Cc1ccc(-n2cnnn2)cc1NC(=O)NC1CCN(C)C(C)C1. The number of amides is 2. The molecule has 1 aliphatic heterocycles. The Balaban J connectivity index is 1.65. The van der Waals surface area contributed by atoms with Gasteiger partial charge in [-0.15, -0.1) is 5.10 Å². The highest BCUT2D eigenvalue weighted by atomic mass is 16.2. The molecule has 1 aliphatic rings. The lowest BCUT2D eigenvalue weighted by Gasteiger charge is -2.35. The molecular formula is C16H23N7O. The van der Waals surface area contributed by atoms with Gasteiger partial charge in [-0.25, -0.2) is 9.48 Å². The molecule has 3 rings (SSSR count). The zero-order valence-corrected chi connectivity index (χ0v) is 14.2. The number of tetrazole rings is 1. The lowest BCUT2D eigenvalue weighted by Crippen LogP contribution is -2.48. The van der Waals surface area contributed by atoms with Crippen LogP contribution >= 0.6 is 0 Å². The molecule has 2 atom stereocenters. The highest BCUT2D eigenvalue weighted by Crippen LogP contribution is 2.20. The zero-order chi connectivity index (χ0) is 17.1. The normalized spacial score (nSPS) is 21.5. The van der Waals surface area contributed by atoms with Crippen molar-refractivity contribution in [1.82, 2.24) is 30.4 Å². The minimum Gasteiger partial charge on any atom is -0.335 e. The monoisotopic (exact) mass is 329 g/mol. The number of rotatable bonds is 3. The van der Waals surface area contributed by atoms with Gasteiger partial charge in [0.2, 0.25) is 0 Å². The van der Waals surface area contributed by atoms with Crippen molar-refractivity contribution in [2.45, 2.75) is 38.8 Å². The Morgan fingerprint density at radius 2 is 2.21 bits per heavy atom. The molecule has 8 heteroatoms. The number of carbonyl (C=O) groups excluding carboxylic acids is 1. The third-order valence-corrected chi connectivity index (χ3v) is 4.63. The van der Waals surface area contributed by atoms with Crippen LogP contribution in [0, 0.1) is 6.92 Å². The molecule has 1 fully saturated rings. The summed E-state index contributed by atoms with van der Waals surface area (Å²) in [5, 5.41) is 17.1. The average Bonchev–Trinajstić information content (AvgIpc) is 3.07. The van der Waals surface area contributed by atoms with Crippen molar-refractivity contribution < 1.29 is 4.79 Å². The molecule has 0 radical (unpaired) electrons. The molecule has 0 aliphatic carbocycles. The summed E-state index contributed by atoms with van der Waals surface area (Å²) >= 11 is 0. The van der Waals surface area contributed by atoms with Crippen molar-refractivity contribution in [2.75, 3.05) is 18.9 Å². The maximum Gasteiger partial charge on any atom is 0.319 e. The summed E-state index contributed by atoms with van der Waals surface area (Å²) in [6.45, 7) is 5.14. The number of piperidine rings is 1. The predicted molar refractivity (Wildman–Crippen MR) is 91.2 cm³/mol. The van der Waals surface area contributed by atoms with Crippen LogP contribution in [-0.2, 0) is 0 Å². The van der Waals surface area contributed by atoms with Crippen molar-refractivity contribution in [3.8, 4) is 5.69 Å². The molecule has 8 nitrogen and oxygen atoms in total. The fraction of sp³-hybridized carbons (Fsp3) is 0.500. The summed E-state index contributed by atoms with van der Waals surface area (Å²) in [6, 6.07) is 6.22. The van der Waals surface area contributed by atoms with Crippen molar-refractivity contribution in [3.05, 3.63) is 30.1 Å². The van der Waals surface area contributed by atoms with Crippen LogP contribution in [-0.4, -0.2) is 56.8 Å². The molecule has 128 valence electrons. The van der Waals surface area contributed by atoms with Crippen LogP contribution in [0.2, 0.25) is 0 Å². The number of likely N-dealkylation sites (tertiary alicyclic amines) is 1. The molecule has 0 bridgehead atoms. The number of benzene rings is 1. The minimum absolute atomic E-state index is 0.172. The van der Waals surface area contributed by atoms with E-state index >= 15 is 0 Å². The molecule has 2 heterocycles. The molecule has 2 N–H and O–H groups in total. The predicted octanol–water partition coefficient (Wildman–Crippen LogP) is 1.57. The summed E-state index contributed by atoms with van der Waals surface area (Å²) in [7, 11) is 2.12.